The standard InChI is InChI=1S/C10H11N3O3/c1-3-16-10(14)7-4-5-11-9-8(7)6(2)12-13(9)15/h4-5,15H,3H2,1-2H3. The number of esters is 1. The van der Waals surface area contributed by atoms with Crippen molar-refractivity contribution in [2.75, 3.05) is 6.61 Å². The summed E-state index contributed by atoms with van der Waals surface area (Å²) < 4.78 is 4.91. The molecular weight excluding hydrogens is 210 g/mol. The van der Waals surface area contributed by atoms with Crippen LogP contribution in [0.4, 0.5) is 0 Å². The molecule has 2 aromatic rings. The van der Waals surface area contributed by atoms with Crippen LogP contribution < -0.4 is 0 Å². The summed E-state index contributed by atoms with van der Waals surface area (Å²) in [4.78, 5) is 16.3. The Morgan fingerprint density at radius 3 is 3.06 bits per heavy atom. The summed E-state index contributed by atoms with van der Waals surface area (Å²) in [7, 11) is 0. The molecule has 0 amide bonds. The highest BCUT2D eigenvalue weighted by Crippen LogP contribution is 2.20. The first kappa shape index (κ1) is 10.4. The molecule has 0 saturated carbocycles. The summed E-state index contributed by atoms with van der Waals surface area (Å²) in [6.07, 6.45) is 1.43. The van der Waals surface area contributed by atoms with Gasteiger partial charge in [0.05, 0.1) is 23.3 Å². The van der Waals surface area contributed by atoms with Crippen molar-refractivity contribution in [2.24, 2.45) is 0 Å². The number of pyridine rings is 1. The van der Waals surface area contributed by atoms with Crippen molar-refractivity contribution in [1.29, 1.82) is 0 Å². The lowest BCUT2D eigenvalue weighted by Gasteiger charge is -2.02. The smallest absolute Gasteiger partial charge is 0.338 e. The van der Waals surface area contributed by atoms with E-state index in [0.29, 0.717) is 28.1 Å². The first-order valence-electron chi connectivity index (χ1n) is 4.86. The van der Waals surface area contributed by atoms with Crippen molar-refractivity contribution in [3.05, 3.63) is 23.5 Å². The number of carbonyl (C=O) groups excluding carboxylic acids is 1. The van der Waals surface area contributed by atoms with Gasteiger partial charge in [0.1, 0.15) is 0 Å². The van der Waals surface area contributed by atoms with Crippen LogP contribution >= 0.6 is 0 Å². The van der Waals surface area contributed by atoms with Crippen LogP contribution in [-0.2, 0) is 4.74 Å². The maximum Gasteiger partial charge on any atom is 0.338 e. The molecule has 0 atom stereocenters. The first-order chi connectivity index (χ1) is 7.65. The van der Waals surface area contributed by atoms with Crippen LogP contribution in [0.3, 0.4) is 0 Å². The van der Waals surface area contributed by atoms with E-state index in [1.807, 2.05) is 0 Å². The maximum absolute atomic E-state index is 11.7. The number of hydrogen-bond acceptors (Lipinski definition) is 5. The Morgan fingerprint density at radius 2 is 2.38 bits per heavy atom. The van der Waals surface area contributed by atoms with Crippen molar-refractivity contribution in [3.8, 4) is 0 Å². The average Bonchev–Trinajstić information content (AvgIpc) is 2.55. The lowest BCUT2D eigenvalue weighted by Crippen LogP contribution is -2.06. The Balaban J connectivity index is 2.66. The predicted molar refractivity (Wildman–Crippen MR) is 55.4 cm³/mol. The summed E-state index contributed by atoms with van der Waals surface area (Å²) in [6.45, 7) is 3.73. The molecule has 2 heterocycles. The fourth-order valence-corrected chi connectivity index (χ4v) is 1.58. The van der Waals surface area contributed by atoms with Crippen LogP contribution in [-0.4, -0.2) is 32.7 Å². The minimum atomic E-state index is -0.439. The van der Waals surface area contributed by atoms with Crippen LogP contribution in [0.2, 0.25) is 0 Å². The van der Waals surface area contributed by atoms with Gasteiger partial charge < -0.3 is 9.94 Å². The molecule has 2 rings (SSSR count). The Hall–Kier alpha value is -2.11. The Labute approximate surface area is 91.4 Å². The van der Waals surface area contributed by atoms with Gasteiger partial charge >= 0.3 is 5.97 Å². The van der Waals surface area contributed by atoms with Gasteiger partial charge in [0.2, 0.25) is 0 Å². The van der Waals surface area contributed by atoms with Crippen LogP contribution in [0.5, 0.6) is 0 Å². The molecule has 0 radical (unpaired) electrons. The SMILES string of the molecule is CCOC(=O)c1ccnc2c1c(C)nn2O. The lowest BCUT2D eigenvalue weighted by molar-refractivity contribution is 0.0528. The maximum atomic E-state index is 11.7. The number of fused-ring (bicyclic) bond motifs is 1. The summed E-state index contributed by atoms with van der Waals surface area (Å²) in [6, 6.07) is 1.55. The largest absolute Gasteiger partial charge is 0.462 e. The number of aryl methyl sites for hydroxylation is 1. The highest BCUT2D eigenvalue weighted by molar-refractivity contribution is 6.03. The number of ether oxygens (including phenoxy) is 1. The van der Waals surface area contributed by atoms with Crippen LogP contribution in [0.25, 0.3) is 11.0 Å². The van der Waals surface area contributed by atoms with Crippen molar-refractivity contribution in [3.63, 3.8) is 0 Å². The van der Waals surface area contributed by atoms with E-state index in [9.17, 15) is 10.0 Å². The molecule has 1 N–H and O–H groups in total. The molecule has 0 aromatic carbocycles. The van der Waals surface area contributed by atoms with Crippen LogP contribution in [0.1, 0.15) is 23.0 Å². The quantitative estimate of drug-likeness (QED) is 0.608. The van der Waals surface area contributed by atoms with Gasteiger partial charge in [-0.25, -0.2) is 9.78 Å². The number of carbonyl (C=O) groups is 1. The molecule has 6 nitrogen and oxygen atoms in total. The molecule has 84 valence electrons. The van der Waals surface area contributed by atoms with E-state index in [2.05, 4.69) is 10.1 Å². The van der Waals surface area contributed by atoms with E-state index >= 15 is 0 Å². The highest BCUT2D eigenvalue weighted by atomic mass is 16.5. The fourth-order valence-electron chi connectivity index (χ4n) is 1.58. The molecule has 0 aliphatic heterocycles. The second-order valence-corrected chi connectivity index (χ2v) is 3.25. The third-order valence-electron chi connectivity index (χ3n) is 2.22. The van der Waals surface area contributed by atoms with Gasteiger partial charge in [0.15, 0.2) is 5.65 Å². The van der Waals surface area contributed by atoms with Gasteiger partial charge in [-0.2, -0.15) is 0 Å². The molecule has 0 fully saturated rings. The summed E-state index contributed by atoms with van der Waals surface area (Å²) >= 11 is 0. The first-order valence-corrected chi connectivity index (χ1v) is 4.86. The monoisotopic (exact) mass is 221 g/mol. The van der Waals surface area contributed by atoms with E-state index in [4.69, 9.17) is 4.74 Å². The fraction of sp³-hybridized carbons (Fsp3) is 0.300. The van der Waals surface area contributed by atoms with Crippen LogP contribution in [0, 0.1) is 6.92 Å². The Kier molecular flexibility index (Phi) is 2.47. The van der Waals surface area contributed by atoms with Gasteiger partial charge in [0.25, 0.3) is 0 Å². The zero-order valence-corrected chi connectivity index (χ0v) is 8.97. The Bertz CT molecular complexity index is 547. The third kappa shape index (κ3) is 1.48. The molecule has 2 aromatic heterocycles. The summed E-state index contributed by atoms with van der Waals surface area (Å²) in [5, 5.41) is 13.7. The molecule has 0 aliphatic rings. The van der Waals surface area contributed by atoms with Gasteiger partial charge in [-0.15, -0.1) is 5.10 Å². The topological polar surface area (TPSA) is 77.2 Å². The third-order valence-corrected chi connectivity index (χ3v) is 2.22. The predicted octanol–water partition coefficient (Wildman–Crippen LogP) is 1.15. The molecule has 6 heteroatoms. The number of rotatable bonds is 2. The minimum absolute atomic E-state index is 0.253. The van der Waals surface area contributed by atoms with Gasteiger partial charge in [-0.05, 0) is 19.9 Å². The molecule has 0 saturated heterocycles. The number of aromatic nitrogens is 3. The lowest BCUT2D eigenvalue weighted by atomic mass is 10.1. The normalized spacial score (nSPS) is 10.6. The molecule has 0 unspecified atom stereocenters. The van der Waals surface area contributed by atoms with Crippen molar-refractivity contribution in [2.45, 2.75) is 13.8 Å². The van der Waals surface area contributed by atoms with Gasteiger partial charge in [0, 0.05) is 6.20 Å². The van der Waals surface area contributed by atoms with Gasteiger partial charge in [-0.3, -0.25) is 0 Å². The highest BCUT2D eigenvalue weighted by Gasteiger charge is 2.17. The summed E-state index contributed by atoms with van der Waals surface area (Å²) in [5.74, 6) is -0.439. The van der Waals surface area contributed by atoms with E-state index in [-0.39, 0.29) is 5.65 Å². The molecule has 0 spiro atoms. The minimum Gasteiger partial charge on any atom is -0.462 e. The van der Waals surface area contributed by atoms with E-state index in [0.717, 1.165) is 0 Å². The second kappa shape index (κ2) is 3.80. The van der Waals surface area contributed by atoms with Gasteiger partial charge in [-0.1, -0.05) is 4.85 Å². The zero-order valence-electron chi connectivity index (χ0n) is 8.97. The second-order valence-electron chi connectivity index (χ2n) is 3.25. The summed E-state index contributed by atoms with van der Waals surface area (Å²) in [5.41, 5.74) is 1.15. The van der Waals surface area contributed by atoms with Crippen molar-refractivity contribution in [1.82, 2.24) is 14.9 Å². The molecule has 16 heavy (non-hydrogen) atoms. The molecule has 0 bridgehead atoms. The average molecular weight is 221 g/mol. The van der Waals surface area contributed by atoms with E-state index in [1.165, 1.54) is 6.20 Å². The Morgan fingerprint density at radius 1 is 1.62 bits per heavy atom. The van der Waals surface area contributed by atoms with E-state index in [1.54, 1.807) is 19.9 Å². The van der Waals surface area contributed by atoms with Crippen LogP contribution in [0.15, 0.2) is 12.3 Å². The number of hydrogen-bond donors (Lipinski definition) is 1. The van der Waals surface area contributed by atoms with Crippen molar-refractivity contribution < 1.29 is 14.7 Å². The number of nitrogens with zero attached hydrogens (tertiary/aromatic N) is 3. The van der Waals surface area contributed by atoms with E-state index < -0.39 is 5.97 Å². The van der Waals surface area contributed by atoms with Crippen molar-refractivity contribution >= 4 is 17.0 Å². The zero-order chi connectivity index (χ0) is 11.7. The molecular formula is C10H11N3O3. The molecule has 0 aliphatic carbocycles.